The van der Waals surface area contributed by atoms with Crippen molar-refractivity contribution in [1.29, 1.82) is 0 Å². The molecule has 4 rings (SSSR count). The summed E-state index contributed by atoms with van der Waals surface area (Å²) in [6.07, 6.45) is -1.16. The molecular formula is C21H22ClF3N4O2. The van der Waals surface area contributed by atoms with Crippen molar-refractivity contribution in [2.45, 2.75) is 13.1 Å². The number of aryl methyl sites for hydroxylation is 2. The molecule has 1 N–H and O–H groups in total. The highest BCUT2D eigenvalue weighted by Crippen LogP contribution is 2.34. The zero-order chi connectivity index (χ0) is 21.5. The van der Waals surface area contributed by atoms with E-state index < -0.39 is 11.7 Å². The highest BCUT2D eigenvalue weighted by atomic mass is 35.5. The number of fused-ring (bicyclic) bond motifs is 1. The number of rotatable bonds is 3. The van der Waals surface area contributed by atoms with Crippen LogP contribution in [-0.2, 0) is 18.0 Å². The van der Waals surface area contributed by atoms with Crippen molar-refractivity contribution in [3.05, 3.63) is 53.3 Å². The number of alkyl halides is 3. The Morgan fingerprint density at radius 2 is 1.90 bits per heavy atom. The second kappa shape index (κ2) is 8.76. The maximum Gasteiger partial charge on any atom is 0.416 e. The summed E-state index contributed by atoms with van der Waals surface area (Å²) in [5, 5.41) is 3.68. The lowest BCUT2D eigenvalue weighted by atomic mass is 10.1. The van der Waals surface area contributed by atoms with Gasteiger partial charge in [-0.1, -0.05) is 6.07 Å². The van der Waals surface area contributed by atoms with Crippen molar-refractivity contribution in [3.8, 4) is 0 Å². The fourth-order valence-electron chi connectivity index (χ4n) is 3.57. The number of carbonyl (C=O) groups excluding carboxylic acids is 1. The molecule has 0 radical (unpaired) electrons. The number of hydrogen-bond acceptors (Lipinski definition) is 4. The molecule has 31 heavy (non-hydrogen) atoms. The lowest BCUT2D eigenvalue weighted by molar-refractivity contribution is -0.137. The van der Waals surface area contributed by atoms with Gasteiger partial charge in [-0.25, -0.2) is 4.98 Å². The van der Waals surface area contributed by atoms with Gasteiger partial charge in [0, 0.05) is 43.6 Å². The molecular weight excluding hydrogens is 433 g/mol. The van der Waals surface area contributed by atoms with Crippen LogP contribution in [0, 0.1) is 6.92 Å². The Balaban J connectivity index is 0.00000272. The smallest absolute Gasteiger partial charge is 0.378 e. The van der Waals surface area contributed by atoms with Crippen LogP contribution in [0.25, 0.3) is 10.9 Å². The number of aromatic nitrogens is 2. The van der Waals surface area contributed by atoms with Crippen LogP contribution in [0.15, 0.2) is 36.7 Å². The van der Waals surface area contributed by atoms with E-state index in [9.17, 15) is 18.0 Å². The van der Waals surface area contributed by atoms with Crippen molar-refractivity contribution in [3.63, 3.8) is 0 Å². The number of carbonyl (C=O) groups is 1. The summed E-state index contributed by atoms with van der Waals surface area (Å²) in [7, 11) is 1.82. The monoisotopic (exact) mass is 454 g/mol. The molecule has 6 nitrogen and oxygen atoms in total. The average Bonchev–Trinajstić information content (AvgIpc) is 3.11. The molecule has 0 aliphatic carbocycles. The van der Waals surface area contributed by atoms with Gasteiger partial charge in [0.05, 0.1) is 29.9 Å². The molecule has 3 heterocycles. The number of anilines is 2. The largest absolute Gasteiger partial charge is 0.416 e. The van der Waals surface area contributed by atoms with Crippen LogP contribution < -0.4 is 5.32 Å². The molecule has 2 aromatic heterocycles. The van der Waals surface area contributed by atoms with Gasteiger partial charge >= 0.3 is 6.18 Å². The Morgan fingerprint density at radius 1 is 1.19 bits per heavy atom. The van der Waals surface area contributed by atoms with Gasteiger partial charge in [-0.15, -0.1) is 12.4 Å². The maximum atomic E-state index is 13.1. The number of hydrogen-bond donors (Lipinski definition) is 1. The van der Waals surface area contributed by atoms with Crippen molar-refractivity contribution in [2.75, 3.05) is 31.6 Å². The third-order valence-corrected chi connectivity index (χ3v) is 5.25. The molecule has 0 bridgehead atoms. The number of pyridine rings is 1. The van der Waals surface area contributed by atoms with Crippen molar-refractivity contribution >= 4 is 40.7 Å². The highest BCUT2D eigenvalue weighted by molar-refractivity contribution is 6.08. The number of ether oxygens (including phenoxy) is 1. The minimum absolute atomic E-state index is 0. The molecule has 1 aromatic carbocycles. The van der Waals surface area contributed by atoms with Gasteiger partial charge in [0.25, 0.3) is 5.91 Å². The maximum absolute atomic E-state index is 13.1. The van der Waals surface area contributed by atoms with Gasteiger partial charge in [0.1, 0.15) is 5.82 Å². The first-order valence-electron chi connectivity index (χ1n) is 9.51. The Hall–Kier alpha value is -2.78. The van der Waals surface area contributed by atoms with E-state index in [4.69, 9.17) is 4.74 Å². The molecule has 0 saturated carbocycles. The summed E-state index contributed by atoms with van der Waals surface area (Å²) in [5.41, 5.74) is 1.36. The van der Waals surface area contributed by atoms with Gasteiger partial charge in [-0.05, 0) is 30.7 Å². The average molecular weight is 455 g/mol. The SMILES string of the molecule is Cc1ccc(C(F)(F)F)cc1Nc1ncc(C(=O)N2CCOCC2)c2c1ccn2C.Cl. The molecule has 0 atom stereocenters. The van der Waals surface area contributed by atoms with Gasteiger partial charge in [0.15, 0.2) is 0 Å². The van der Waals surface area contributed by atoms with Crippen molar-refractivity contribution in [2.24, 2.45) is 7.05 Å². The molecule has 166 valence electrons. The van der Waals surface area contributed by atoms with Gasteiger partial charge in [-0.3, -0.25) is 4.79 Å². The zero-order valence-corrected chi connectivity index (χ0v) is 17.8. The molecule has 1 saturated heterocycles. The van der Waals surface area contributed by atoms with Crippen molar-refractivity contribution < 1.29 is 22.7 Å². The van der Waals surface area contributed by atoms with E-state index in [2.05, 4.69) is 10.3 Å². The van der Waals surface area contributed by atoms with E-state index in [1.54, 1.807) is 24.1 Å². The number of benzene rings is 1. The Morgan fingerprint density at radius 3 is 2.58 bits per heavy atom. The quantitative estimate of drug-likeness (QED) is 0.631. The molecule has 3 aromatic rings. The summed E-state index contributed by atoms with van der Waals surface area (Å²) in [5.74, 6) is 0.256. The summed E-state index contributed by atoms with van der Waals surface area (Å²) in [6, 6.07) is 5.34. The topological polar surface area (TPSA) is 59.4 Å². The summed E-state index contributed by atoms with van der Waals surface area (Å²) in [4.78, 5) is 19.1. The predicted octanol–water partition coefficient (Wildman–Crippen LogP) is 4.54. The third-order valence-electron chi connectivity index (χ3n) is 5.25. The van der Waals surface area contributed by atoms with E-state index in [0.29, 0.717) is 59.8 Å². The van der Waals surface area contributed by atoms with Crippen LogP contribution in [0.1, 0.15) is 21.5 Å². The predicted molar refractivity (Wildman–Crippen MR) is 114 cm³/mol. The van der Waals surface area contributed by atoms with Gasteiger partial charge in [-0.2, -0.15) is 13.2 Å². The van der Waals surface area contributed by atoms with Crippen LogP contribution in [0.3, 0.4) is 0 Å². The summed E-state index contributed by atoms with van der Waals surface area (Å²) in [6.45, 7) is 3.72. The molecule has 1 aliphatic rings. The van der Waals surface area contributed by atoms with E-state index >= 15 is 0 Å². The van der Waals surface area contributed by atoms with Crippen LogP contribution in [0.2, 0.25) is 0 Å². The Bertz CT molecular complexity index is 1110. The van der Waals surface area contributed by atoms with Crippen LogP contribution >= 0.6 is 12.4 Å². The van der Waals surface area contributed by atoms with Crippen molar-refractivity contribution in [1.82, 2.24) is 14.5 Å². The van der Waals surface area contributed by atoms with E-state index in [1.807, 2.05) is 11.6 Å². The molecule has 1 fully saturated rings. The minimum Gasteiger partial charge on any atom is -0.378 e. The van der Waals surface area contributed by atoms with E-state index in [0.717, 1.165) is 12.1 Å². The summed E-state index contributed by atoms with van der Waals surface area (Å²) >= 11 is 0. The molecule has 1 amide bonds. The first-order valence-corrected chi connectivity index (χ1v) is 9.51. The van der Waals surface area contributed by atoms with Crippen LogP contribution in [0.4, 0.5) is 24.7 Å². The first-order chi connectivity index (χ1) is 14.3. The Labute approximate surface area is 183 Å². The summed E-state index contributed by atoms with van der Waals surface area (Å²) < 4.78 is 46.5. The normalized spacial score (nSPS) is 14.4. The van der Waals surface area contributed by atoms with Gasteiger partial charge in [0.2, 0.25) is 0 Å². The molecule has 1 aliphatic heterocycles. The standard InChI is InChI=1S/C21H21F3N4O2.ClH/c1-13-3-4-14(21(22,23)24)11-17(13)26-19-15-5-6-27(2)18(15)16(12-25-19)20(29)28-7-9-30-10-8-28;/h3-6,11-12H,7-10H2,1-2H3,(H,25,26);1H. The molecule has 10 heteroatoms. The van der Waals surface area contributed by atoms with Crippen LogP contribution in [0.5, 0.6) is 0 Å². The number of nitrogens with zero attached hydrogens (tertiary/aromatic N) is 3. The highest BCUT2D eigenvalue weighted by Gasteiger charge is 2.31. The molecule has 0 spiro atoms. The van der Waals surface area contributed by atoms with E-state index in [1.165, 1.54) is 12.3 Å². The van der Waals surface area contributed by atoms with Crippen LogP contribution in [-0.4, -0.2) is 46.7 Å². The van der Waals surface area contributed by atoms with Gasteiger partial charge < -0.3 is 19.5 Å². The lowest BCUT2D eigenvalue weighted by Crippen LogP contribution is -2.40. The number of nitrogens with one attached hydrogen (secondary N) is 1. The second-order valence-electron chi connectivity index (χ2n) is 7.27. The fourth-order valence-corrected chi connectivity index (χ4v) is 3.57. The minimum atomic E-state index is -4.44. The lowest BCUT2D eigenvalue weighted by Gasteiger charge is -2.27. The number of halogens is 4. The van der Waals surface area contributed by atoms with E-state index in [-0.39, 0.29) is 18.3 Å². The fraction of sp³-hybridized carbons (Fsp3) is 0.333. The molecule has 0 unspecified atom stereocenters. The first kappa shape index (κ1) is 22.9. The zero-order valence-electron chi connectivity index (χ0n) is 17.0. The number of amides is 1. The Kier molecular flexibility index (Phi) is 6.47. The second-order valence-corrected chi connectivity index (χ2v) is 7.27. The number of morpholine rings is 1. The third kappa shape index (κ3) is 4.47.